The van der Waals surface area contributed by atoms with Gasteiger partial charge in [0.15, 0.2) is 0 Å². The molecule has 0 fully saturated rings. The zero-order valence-corrected chi connectivity index (χ0v) is 15.8. The lowest BCUT2D eigenvalue weighted by atomic mass is 10.1. The van der Waals surface area contributed by atoms with E-state index >= 15 is 0 Å². The molecule has 154 valence electrons. The monoisotopic (exact) mass is 434 g/mol. The quantitative estimate of drug-likeness (QED) is 0.396. The van der Waals surface area contributed by atoms with Crippen LogP contribution in [0.2, 0.25) is 0 Å². The Morgan fingerprint density at radius 1 is 1.03 bits per heavy atom. The van der Waals surface area contributed by atoms with Crippen LogP contribution in [0.25, 0.3) is 0 Å². The Bertz CT molecular complexity index is 1100. The Morgan fingerprint density at radius 3 is 2.37 bits per heavy atom. The highest BCUT2D eigenvalue weighted by Gasteiger charge is 2.31. The third kappa shape index (κ3) is 5.09. The minimum absolute atomic E-state index is 0.0569. The number of halogens is 3. The first-order chi connectivity index (χ1) is 14.1. The van der Waals surface area contributed by atoms with Crippen LogP contribution in [0.15, 0.2) is 76.5 Å². The van der Waals surface area contributed by atoms with Gasteiger partial charge in [-0.15, -0.1) is 0 Å². The van der Waals surface area contributed by atoms with E-state index < -0.39 is 22.6 Å². The number of aromatic hydroxyl groups is 1. The molecule has 3 aromatic rings. The zero-order chi connectivity index (χ0) is 21.9. The number of nitrogens with one attached hydrogen (secondary N) is 1. The first-order valence-electron chi connectivity index (χ1n) is 8.37. The van der Waals surface area contributed by atoms with Crippen LogP contribution >= 0.6 is 11.8 Å². The highest BCUT2D eigenvalue weighted by atomic mass is 32.2. The molecular weight excluding hydrogens is 421 g/mol. The lowest BCUT2D eigenvalue weighted by Gasteiger charge is -2.10. The average Bonchev–Trinajstić information content (AvgIpc) is 2.70. The van der Waals surface area contributed by atoms with Crippen molar-refractivity contribution < 1.29 is 28.0 Å². The number of benzene rings is 3. The zero-order valence-electron chi connectivity index (χ0n) is 15.0. The summed E-state index contributed by atoms with van der Waals surface area (Å²) in [5.41, 5.74) is -1.41. The van der Waals surface area contributed by atoms with Crippen LogP contribution in [-0.2, 0) is 6.18 Å². The molecule has 0 aliphatic heterocycles. The number of hydrogen-bond acceptors (Lipinski definition) is 5. The van der Waals surface area contributed by atoms with E-state index in [1.165, 1.54) is 30.3 Å². The molecule has 0 radical (unpaired) electrons. The van der Waals surface area contributed by atoms with Crippen LogP contribution in [0.1, 0.15) is 15.9 Å². The largest absolute Gasteiger partial charge is 0.508 e. The number of amides is 1. The number of anilines is 1. The molecule has 10 heteroatoms. The second-order valence-corrected chi connectivity index (χ2v) is 7.18. The fourth-order valence-electron chi connectivity index (χ4n) is 2.51. The van der Waals surface area contributed by atoms with Crippen LogP contribution in [0.5, 0.6) is 5.75 Å². The van der Waals surface area contributed by atoms with Crippen molar-refractivity contribution in [3.05, 3.63) is 88.0 Å². The van der Waals surface area contributed by atoms with Crippen molar-refractivity contribution in [2.75, 3.05) is 5.32 Å². The second-order valence-electron chi connectivity index (χ2n) is 6.07. The fraction of sp³-hybridized carbons (Fsp3) is 0.0500. The summed E-state index contributed by atoms with van der Waals surface area (Å²) in [6.07, 6.45) is -4.60. The number of nitro groups is 1. The fourth-order valence-corrected chi connectivity index (χ4v) is 3.41. The first-order valence-corrected chi connectivity index (χ1v) is 9.19. The SMILES string of the molecule is O=C(Nc1ccc(Sc2ccc(O)cc2)c([N+](=O)[O-])c1)c1cccc(C(F)(F)F)c1. The van der Waals surface area contributed by atoms with Crippen LogP contribution in [0, 0.1) is 10.1 Å². The molecule has 1 amide bonds. The van der Waals surface area contributed by atoms with Crippen LogP contribution in [0.3, 0.4) is 0 Å². The molecule has 0 aliphatic rings. The molecule has 0 atom stereocenters. The highest BCUT2D eigenvalue weighted by Crippen LogP contribution is 2.37. The van der Waals surface area contributed by atoms with Gasteiger partial charge in [-0.05, 0) is 54.6 Å². The molecule has 0 saturated carbocycles. The van der Waals surface area contributed by atoms with Gasteiger partial charge in [-0.1, -0.05) is 17.8 Å². The molecule has 0 spiro atoms. The van der Waals surface area contributed by atoms with Crippen molar-refractivity contribution in [2.45, 2.75) is 16.0 Å². The summed E-state index contributed by atoms with van der Waals surface area (Å²) in [7, 11) is 0. The van der Waals surface area contributed by atoms with E-state index in [1.54, 1.807) is 12.1 Å². The molecule has 3 aromatic carbocycles. The Kier molecular flexibility index (Phi) is 5.97. The molecule has 0 heterocycles. The number of carbonyl (C=O) groups excluding carboxylic acids is 1. The standard InChI is InChI=1S/C20H13F3N2O4S/c21-20(22,23)13-3-1-2-12(10-13)19(27)24-14-4-9-18(17(11-14)25(28)29)30-16-7-5-15(26)6-8-16/h1-11,26H,(H,24,27). The maximum atomic E-state index is 12.8. The molecule has 2 N–H and O–H groups in total. The van der Waals surface area contributed by atoms with E-state index in [0.29, 0.717) is 15.9 Å². The molecular formula is C20H13F3N2O4S. The van der Waals surface area contributed by atoms with Gasteiger partial charge in [0.05, 0.1) is 15.4 Å². The van der Waals surface area contributed by atoms with Gasteiger partial charge in [0.1, 0.15) is 5.75 Å². The van der Waals surface area contributed by atoms with Gasteiger partial charge >= 0.3 is 6.18 Å². The summed E-state index contributed by atoms with van der Waals surface area (Å²) in [5, 5.41) is 23.1. The summed E-state index contributed by atoms with van der Waals surface area (Å²) in [5.74, 6) is -0.768. The van der Waals surface area contributed by atoms with Crippen LogP contribution in [-0.4, -0.2) is 15.9 Å². The number of hydrogen-bond donors (Lipinski definition) is 2. The summed E-state index contributed by atoms with van der Waals surface area (Å²) in [6, 6.07) is 13.9. The normalized spacial score (nSPS) is 11.2. The number of nitro benzene ring substituents is 1. The molecule has 0 aromatic heterocycles. The predicted molar refractivity (Wildman–Crippen MR) is 105 cm³/mol. The number of nitrogens with zero attached hydrogens (tertiary/aromatic N) is 1. The van der Waals surface area contributed by atoms with Gasteiger partial charge in [0.25, 0.3) is 11.6 Å². The van der Waals surface area contributed by atoms with E-state index in [4.69, 9.17) is 0 Å². The molecule has 0 saturated heterocycles. The minimum atomic E-state index is -4.60. The summed E-state index contributed by atoms with van der Waals surface area (Å²) in [4.78, 5) is 24.1. The summed E-state index contributed by atoms with van der Waals surface area (Å²) >= 11 is 1.09. The van der Waals surface area contributed by atoms with Gasteiger partial charge in [0.2, 0.25) is 0 Å². The smallest absolute Gasteiger partial charge is 0.416 e. The van der Waals surface area contributed by atoms with Gasteiger partial charge < -0.3 is 10.4 Å². The Labute approximate surface area is 172 Å². The average molecular weight is 434 g/mol. The van der Waals surface area contributed by atoms with E-state index in [1.807, 2.05) is 0 Å². The molecule has 0 unspecified atom stereocenters. The number of carbonyl (C=O) groups is 1. The molecule has 0 aliphatic carbocycles. The van der Waals surface area contributed by atoms with Crippen molar-refractivity contribution in [1.82, 2.24) is 0 Å². The number of rotatable bonds is 5. The van der Waals surface area contributed by atoms with E-state index in [2.05, 4.69) is 5.32 Å². The van der Waals surface area contributed by atoms with Crippen LogP contribution < -0.4 is 5.32 Å². The summed E-state index contributed by atoms with van der Waals surface area (Å²) in [6.45, 7) is 0. The van der Waals surface area contributed by atoms with Crippen LogP contribution in [0.4, 0.5) is 24.5 Å². The maximum Gasteiger partial charge on any atom is 0.416 e. The lowest BCUT2D eigenvalue weighted by molar-refractivity contribution is -0.387. The number of alkyl halides is 3. The van der Waals surface area contributed by atoms with E-state index in [-0.39, 0.29) is 22.7 Å². The Balaban J connectivity index is 1.83. The number of phenolic OH excluding ortho intramolecular Hbond substituents is 1. The minimum Gasteiger partial charge on any atom is -0.508 e. The predicted octanol–water partition coefficient (Wildman–Crippen LogP) is 5.72. The molecule has 30 heavy (non-hydrogen) atoms. The Hall–Kier alpha value is -3.53. The van der Waals surface area contributed by atoms with Gasteiger partial charge in [0, 0.05) is 22.2 Å². The van der Waals surface area contributed by atoms with Gasteiger partial charge in [-0.2, -0.15) is 13.2 Å². The van der Waals surface area contributed by atoms with Crippen molar-refractivity contribution >= 4 is 29.0 Å². The van der Waals surface area contributed by atoms with Crippen molar-refractivity contribution in [3.63, 3.8) is 0 Å². The van der Waals surface area contributed by atoms with Crippen molar-refractivity contribution in [1.29, 1.82) is 0 Å². The van der Waals surface area contributed by atoms with Gasteiger partial charge in [-0.3, -0.25) is 14.9 Å². The van der Waals surface area contributed by atoms with E-state index in [9.17, 15) is 33.2 Å². The number of phenols is 1. The van der Waals surface area contributed by atoms with Crippen molar-refractivity contribution in [3.8, 4) is 5.75 Å². The third-order valence-corrected chi connectivity index (χ3v) is 5.00. The second kappa shape index (κ2) is 8.46. The first kappa shape index (κ1) is 21.2. The summed E-state index contributed by atoms with van der Waals surface area (Å²) < 4.78 is 38.5. The molecule has 3 rings (SSSR count). The maximum absolute atomic E-state index is 12.8. The third-order valence-electron chi connectivity index (χ3n) is 3.93. The topological polar surface area (TPSA) is 92.5 Å². The Morgan fingerprint density at radius 2 is 1.73 bits per heavy atom. The molecule has 6 nitrogen and oxygen atoms in total. The molecule has 0 bridgehead atoms. The van der Waals surface area contributed by atoms with Gasteiger partial charge in [-0.25, -0.2) is 0 Å². The highest BCUT2D eigenvalue weighted by molar-refractivity contribution is 7.99. The van der Waals surface area contributed by atoms with E-state index in [0.717, 1.165) is 30.0 Å². The lowest BCUT2D eigenvalue weighted by Crippen LogP contribution is -2.14. The van der Waals surface area contributed by atoms with Crippen molar-refractivity contribution in [2.24, 2.45) is 0 Å².